The third-order valence-electron chi connectivity index (χ3n) is 2.76. The number of rotatable bonds is 4. The van der Waals surface area contributed by atoms with Crippen LogP contribution in [0.15, 0.2) is 42.5 Å². The Balaban J connectivity index is 2.13. The molecule has 94 valence electrons. The van der Waals surface area contributed by atoms with Gasteiger partial charge < -0.3 is 11.1 Å². The van der Waals surface area contributed by atoms with Gasteiger partial charge in [0.2, 0.25) is 0 Å². The van der Waals surface area contributed by atoms with Crippen LogP contribution in [0.25, 0.3) is 0 Å². The summed E-state index contributed by atoms with van der Waals surface area (Å²) >= 11 is 2.29. The molecule has 0 saturated carbocycles. The molecule has 0 spiro atoms. The van der Waals surface area contributed by atoms with E-state index in [0.717, 1.165) is 27.1 Å². The van der Waals surface area contributed by atoms with Crippen LogP contribution >= 0.6 is 22.6 Å². The number of nitrogen functional groups attached to an aromatic ring is 1. The molecular formula is C15H17IN2. The van der Waals surface area contributed by atoms with Crippen molar-refractivity contribution in [3.05, 3.63) is 51.6 Å². The predicted molar refractivity (Wildman–Crippen MR) is 87.3 cm³/mol. The number of hydrogen-bond acceptors (Lipinski definition) is 2. The van der Waals surface area contributed by atoms with E-state index in [1.165, 1.54) is 12.0 Å². The summed E-state index contributed by atoms with van der Waals surface area (Å²) in [7, 11) is 0. The minimum absolute atomic E-state index is 0.795. The molecule has 0 atom stereocenters. The van der Waals surface area contributed by atoms with Gasteiger partial charge in [-0.15, -0.1) is 0 Å². The van der Waals surface area contributed by atoms with Gasteiger partial charge in [-0.3, -0.25) is 0 Å². The smallest absolute Gasteiger partial charge is 0.0521 e. The molecule has 0 bridgehead atoms. The average Bonchev–Trinajstić information content (AvgIpc) is 2.35. The van der Waals surface area contributed by atoms with Gasteiger partial charge in [-0.05, 0) is 64.9 Å². The zero-order chi connectivity index (χ0) is 13.0. The molecule has 0 fully saturated rings. The van der Waals surface area contributed by atoms with Crippen LogP contribution < -0.4 is 11.1 Å². The highest BCUT2D eigenvalue weighted by Crippen LogP contribution is 2.24. The monoisotopic (exact) mass is 352 g/mol. The Hall–Kier alpha value is -1.23. The predicted octanol–water partition coefficient (Wildman–Crippen LogP) is 4.57. The topological polar surface area (TPSA) is 38.0 Å². The molecule has 0 heterocycles. The van der Waals surface area contributed by atoms with E-state index < -0.39 is 0 Å². The standard InChI is InChI=1S/C15H17IN2/c1-2-3-11-4-7-13(8-5-11)18-15-9-6-12(17)10-14(15)16/h4-10,18H,2-3,17H2,1H3. The van der Waals surface area contributed by atoms with E-state index in [1.807, 2.05) is 18.2 Å². The van der Waals surface area contributed by atoms with Crippen LogP contribution in [0.1, 0.15) is 18.9 Å². The van der Waals surface area contributed by atoms with Crippen LogP contribution in [0.2, 0.25) is 0 Å². The van der Waals surface area contributed by atoms with Crippen LogP contribution in [0.5, 0.6) is 0 Å². The summed E-state index contributed by atoms with van der Waals surface area (Å²) < 4.78 is 1.13. The molecular weight excluding hydrogens is 335 g/mol. The highest BCUT2D eigenvalue weighted by Gasteiger charge is 2.00. The van der Waals surface area contributed by atoms with E-state index in [2.05, 4.69) is 59.1 Å². The van der Waals surface area contributed by atoms with Crippen LogP contribution in [0.3, 0.4) is 0 Å². The molecule has 3 N–H and O–H groups in total. The van der Waals surface area contributed by atoms with Crippen molar-refractivity contribution < 1.29 is 0 Å². The lowest BCUT2D eigenvalue weighted by molar-refractivity contribution is 0.922. The molecule has 18 heavy (non-hydrogen) atoms. The molecule has 0 aliphatic heterocycles. The number of benzene rings is 2. The van der Waals surface area contributed by atoms with Crippen molar-refractivity contribution in [2.24, 2.45) is 0 Å². The third kappa shape index (κ3) is 3.38. The van der Waals surface area contributed by atoms with Gasteiger partial charge in [0.1, 0.15) is 0 Å². The Bertz CT molecular complexity index is 521. The van der Waals surface area contributed by atoms with Crippen molar-refractivity contribution in [1.82, 2.24) is 0 Å². The summed E-state index contributed by atoms with van der Waals surface area (Å²) in [6, 6.07) is 14.5. The first-order valence-corrected chi connectivity index (χ1v) is 7.18. The maximum absolute atomic E-state index is 5.74. The fourth-order valence-corrected chi connectivity index (χ4v) is 2.51. The summed E-state index contributed by atoms with van der Waals surface area (Å²) in [5, 5.41) is 3.41. The molecule has 2 nitrogen and oxygen atoms in total. The number of nitrogens with two attached hydrogens (primary N) is 1. The van der Waals surface area contributed by atoms with E-state index in [4.69, 9.17) is 5.73 Å². The molecule has 0 amide bonds. The lowest BCUT2D eigenvalue weighted by atomic mass is 10.1. The summed E-state index contributed by atoms with van der Waals surface area (Å²) in [5.74, 6) is 0. The van der Waals surface area contributed by atoms with Gasteiger partial charge in [0.25, 0.3) is 0 Å². The fraction of sp³-hybridized carbons (Fsp3) is 0.200. The van der Waals surface area contributed by atoms with Crippen LogP contribution in [-0.2, 0) is 6.42 Å². The summed E-state index contributed by atoms with van der Waals surface area (Å²) in [6.07, 6.45) is 2.32. The molecule has 0 saturated heterocycles. The Labute approximate surface area is 122 Å². The highest BCUT2D eigenvalue weighted by atomic mass is 127. The molecule has 0 unspecified atom stereocenters. The summed E-state index contributed by atoms with van der Waals surface area (Å²) in [4.78, 5) is 0. The van der Waals surface area contributed by atoms with Crippen molar-refractivity contribution in [1.29, 1.82) is 0 Å². The van der Waals surface area contributed by atoms with Gasteiger partial charge in [-0.25, -0.2) is 0 Å². The molecule has 0 aliphatic rings. The molecule has 0 aliphatic carbocycles. The van der Waals surface area contributed by atoms with Crippen molar-refractivity contribution in [2.45, 2.75) is 19.8 Å². The quantitative estimate of drug-likeness (QED) is 0.625. The first kappa shape index (κ1) is 13.2. The van der Waals surface area contributed by atoms with Gasteiger partial charge in [-0.2, -0.15) is 0 Å². The van der Waals surface area contributed by atoms with E-state index in [1.54, 1.807) is 0 Å². The van der Waals surface area contributed by atoms with E-state index in [0.29, 0.717) is 0 Å². The zero-order valence-corrected chi connectivity index (χ0v) is 12.6. The van der Waals surface area contributed by atoms with Gasteiger partial charge in [0.15, 0.2) is 0 Å². The van der Waals surface area contributed by atoms with E-state index >= 15 is 0 Å². The Morgan fingerprint density at radius 3 is 2.44 bits per heavy atom. The zero-order valence-electron chi connectivity index (χ0n) is 10.4. The molecule has 2 rings (SSSR count). The lowest BCUT2D eigenvalue weighted by Crippen LogP contribution is -1.95. The van der Waals surface area contributed by atoms with Crippen molar-refractivity contribution in [3.8, 4) is 0 Å². The first-order chi connectivity index (χ1) is 8.69. The molecule has 2 aromatic rings. The normalized spacial score (nSPS) is 10.3. The number of hydrogen-bond donors (Lipinski definition) is 2. The number of aryl methyl sites for hydroxylation is 1. The second kappa shape index (κ2) is 6.09. The Morgan fingerprint density at radius 2 is 1.83 bits per heavy atom. The largest absolute Gasteiger partial charge is 0.399 e. The van der Waals surface area contributed by atoms with Gasteiger partial charge in [-0.1, -0.05) is 25.5 Å². The van der Waals surface area contributed by atoms with Gasteiger partial charge >= 0.3 is 0 Å². The maximum atomic E-state index is 5.74. The number of nitrogens with one attached hydrogen (secondary N) is 1. The van der Waals surface area contributed by atoms with Crippen LogP contribution in [0, 0.1) is 3.57 Å². The van der Waals surface area contributed by atoms with Crippen molar-refractivity contribution in [3.63, 3.8) is 0 Å². The third-order valence-corrected chi connectivity index (χ3v) is 3.66. The highest BCUT2D eigenvalue weighted by molar-refractivity contribution is 14.1. The summed E-state index contributed by atoms with van der Waals surface area (Å²) in [6.45, 7) is 2.20. The van der Waals surface area contributed by atoms with Crippen LogP contribution in [-0.4, -0.2) is 0 Å². The SMILES string of the molecule is CCCc1ccc(Nc2ccc(N)cc2I)cc1. The second-order valence-electron chi connectivity index (χ2n) is 4.31. The molecule has 0 radical (unpaired) electrons. The van der Waals surface area contributed by atoms with E-state index in [9.17, 15) is 0 Å². The molecule has 3 heteroatoms. The number of anilines is 3. The summed E-state index contributed by atoms with van der Waals surface area (Å²) in [5.41, 5.74) is 10.1. The van der Waals surface area contributed by atoms with Crippen LogP contribution in [0.4, 0.5) is 17.1 Å². The average molecular weight is 352 g/mol. The van der Waals surface area contributed by atoms with Gasteiger partial charge in [0.05, 0.1) is 5.69 Å². The first-order valence-electron chi connectivity index (χ1n) is 6.10. The van der Waals surface area contributed by atoms with Gasteiger partial charge in [0, 0.05) is 14.9 Å². The maximum Gasteiger partial charge on any atom is 0.0521 e. The second-order valence-corrected chi connectivity index (χ2v) is 5.47. The fourth-order valence-electron chi connectivity index (χ4n) is 1.83. The molecule has 0 aromatic heterocycles. The molecule has 2 aromatic carbocycles. The Morgan fingerprint density at radius 1 is 1.11 bits per heavy atom. The Kier molecular flexibility index (Phi) is 4.47. The minimum atomic E-state index is 0.795. The van der Waals surface area contributed by atoms with Crippen molar-refractivity contribution in [2.75, 3.05) is 11.1 Å². The van der Waals surface area contributed by atoms with E-state index in [-0.39, 0.29) is 0 Å². The minimum Gasteiger partial charge on any atom is -0.399 e. The number of halogens is 1. The van der Waals surface area contributed by atoms with Crippen molar-refractivity contribution >= 4 is 39.7 Å². The lowest BCUT2D eigenvalue weighted by Gasteiger charge is -2.10.